The highest BCUT2D eigenvalue weighted by atomic mass is 79.9. The van der Waals surface area contributed by atoms with Gasteiger partial charge in [0, 0.05) is 17.1 Å². The van der Waals surface area contributed by atoms with Gasteiger partial charge < -0.3 is 15.0 Å². The number of benzene rings is 2. The molecule has 7 nitrogen and oxygen atoms in total. The highest BCUT2D eigenvalue weighted by Gasteiger charge is 2.17. The first-order valence-electron chi connectivity index (χ1n) is 7.81. The van der Waals surface area contributed by atoms with Crippen LogP contribution in [0.25, 0.3) is 11.0 Å². The van der Waals surface area contributed by atoms with Crippen LogP contribution in [0.4, 0.5) is 20.4 Å². The zero-order chi connectivity index (χ0) is 19.6. The summed E-state index contributed by atoms with van der Waals surface area (Å²) in [5, 5.41) is 11.5. The Kier molecular flexibility index (Phi) is 5.68. The van der Waals surface area contributed by atoms with E-state index >= 15 is 0 Å². The second-order valence-corrected chi connectivity index (χ2v) is 6.49. The molecule has 0 spiro atoms. The van der Waals surface area contributed by atoms with Crippen LogP contribution < -0.4 is 10.8 Å². The predicted molar refractivity (Wildman–Crippen MR) is 98.6 cm³/mol. The molecule has 0 aliphatic carbocycles. The Morgan fingerprint density at radius 1 is 1.30 bits per heavy atom. The van der Waals surface area contributed by atoms with Gasteiger partial charge >= 0.3 is 0 Å². The number of rotatable bonds is 6. The van der Waals surface area contributed by atoms with Gasteiger partial charge in [0.25, 0.3) is 5.91 Å². The summed E-state index contributed by atoms with van der Waals surface area (Å²) < 4.78 is 30.5. The van der Waals surface area contributed by atoms with Gasteiger partial charge in [0.15, 0.2) is 5.82 Å². The van der Waals surface area contributed by atoms with E-state index in [1.807, 2.05) is 0 Å². The summed E-state index contributed by atoms with van der Waals surface area (Å²) in [5.41, 5.74) is 2.66. The summed E-state index contributed by atoms with van der Waals surface area (Å²) >= 11 is 3.18. The number of fused-ring (bicyclic) bond motifs is 1. The third kappa shape index (κ3) is 4.07. The normalized spacial score (nSPS) is 11.0. The summed E-state index contributed by atoms with van der Waals surface area (Å²) in [7, 11) is 1.61. The van der Waals surface area contributed by atoms with Crippen molar-refractivity contribution in [2.45, 2.75) is 0 Å². The Labute approximate surface area is 161 Å². The number of hydrogen-bond acceptors (Lipinski definition) is 5. The molecule has 2 aromatic carbocycles. The first-order valence-corrected chi connectivity index (χ1v) is 8.61. The topological polar surface area (TPSA) is 88.4 Å². The Balaban J connectivity index is 1.94. The fraction of sp³-hybridized carbons (Fsp3) is 0.176. The molecule has 0 unspecified atom stereocenters. The molecule has 0 saturated heterocycles. The quantitative estimate of drug-likeness (QED) is 0.405. The maximum atomic E-state index is 14.4. The molecule has 3 aromatic rings. The van der Waals surface area contributed by atoms with Crippen LogP contribution in [-0.4, -0.2) is 33.8 Å². The largest absolute Gasteiger partial charge is 0.394 e. The van der Waals surface area contributed by atoms with E-state index in [0.717, 1.165) is 6.07 Å². The number of amides is 1. The molecule has 3 rings (SSSR count). The number of aliphatic hydroxyl groups excluding tert-OH is 1. The molecule has 0 radical (unpaired) electrons. The van der Waals surface area contributed by atoms with E-state index in [0.29, 0.717) is 9.99 Å². The van der Waals surface area contributed by atoms with Crippen molar-refractivity contribution in [2.24, 2.45) is 7.05 Å². The van der Waals surface area contributed by atoms with Crippen molar-refractivity contribution in [3.8, 4) is 0 Å². The molecule has 0 saturated carbocycles. The average Bonchev–Trinajstić information content (AvgIpc) is 2.94. The maximum absolute atomic E-state index is 14.4. The number of nitrogens with one attached hydrogen (secondary N) is 2. The number of aliphatic hydroxyl groups is 1. The first-order chi connectivity index (χ1) is 12.9. The van der Waals surface area contributed by atoms with E-state index in [1.54, 1.807) is 13.1 Å². The van der Waals surface area contributed by atoms with E-state index in [4.69, 9.17) is 9.94 Å². The lowest BCUT2D eigenvalue weighted by Gasteiger charge is -2.08. The van der Waals surface area contributed by atoms with E-state index in [9.17, 15) is 13.6 Å². The predicted octanol–water partition coefficient (Wildman–Crippen LogP) is 3.01. The third-order valence-corrected chi connectivity index (χ3v) is 4.23. The van der Waals surface area contributed by atoms with E-state index in [1.165, 1.54) is 22.8 Å². The summed E-state index contributed by atoms with van der Waals surface area (Å²) in [4.78, 5) is 20.9. The fourth-order valence-corrected chi connectivity index (χ4v) is 2.75. The number of aryl methyl sites for hydroxylation is 1. The lowest BCUT2D eigenvalue weighted by molar-refractivity contribution is 0.0168. The van der Waals surface area contributed by atoms with Crippen LogP contribution in [0.1, 0.15) is 10.4 Å². The van der Waals surface area contributed by atoms with Crippen LogP contribution in [0.3, 0.4) is 0 Å². The highest BCUT2D eigenvalue weighted by molar-refractivity contribution is 9.10. The number of imidazole rings is 1. The van der Waals surface area contributed by atoms with Crippen molar-refractivity contribution in [2.75, 3.05) is 18.5 Å². The van der Waals surface area contributed by atoms with Crippen molar-refractivity contribution in [3.05, 3.63) is 52.0 Å². The Morgan fingerprint density at radius 2 is 2.07 bits per heavy atom. The summed E-state index contributed by atoms with van der Waals surface area (Å²) in [5.74, 6) is -1.67. The molecule has 142 valence electrons. The molecule has 0 aliphatic heterocycles. The molecule has 0 atom stereocenters. The monoisotopic (exact) mass is 440 g/mol. The smallest absolute Gasteiger partial charge is 0.275 e. The van der Waals surface area contributed by atoms with Crippen LogP contribution in [0.15, 0.2) is 34.8 Å². The number of anilines is 2. The fourth-order valence-electron chi connectivity index (χ4n) is 2.42. The van der Waals surface area contributed by atoms with Gasteiger partial charge in [-0.3, -0.25) is 9.63 Å². The van der Waals surface area contributed by atoms with E-state index in [2.05, 4.69) is 31.7 Å². The number of carbonyl (C=O) groups excluding carboxylic acids is 1. The van der Waals surface area contributed by atoms with Crippen LogP contribution >= 0.6 is 15.9 Å². The van der Waals surface area contributed by atoms with Crippen LogP contribution in [0.2, 0.25) is 0 Å². The minimum Gasteiger partial charge on any atom is -0.394 e. The first kappa shape index (κ1) is 19.2. The highest BCUT2D eigenvalue weighted by Crippen LogP contribution is 2.27. The number of aromatic nitrogens is 2. The zero-order valence-electron chi connectivity index (χ0n) is 14.1. The lowest BCUT2D eigenvalue weighted by atomic mass is 10.2. The molecule has 1 aromatic heterocycles. The zero-order valence-corrected chi connectivity index (χ0v) is 15.7. The van der Waals surface area contributed by atoms with Crippen LogP contribution in [0, 0.1) is 11.6 Å². The summed E-state index contributed by atoms with van der Waals surface area (Å²) in [6.07, 6.45) is 0. The standard InChI is InChI=1S/C17H15BrF2N4O3/c1-24-14-7-9(16(26)23-27-5-4-25)6-12(20)15(14)22-17(24)21-13-3-2-10(18)8-11(13)19/h2-3,6-8,25H,4-5H2,1H3,(H,21,22)(H,23,26). The van der Waals surface area contributed by atoms with Gasteiger partial charge in [-0.15, -0.1) is 0 Å². The molecular formula is C17H15BrF2N4O3. The number of hydroxylamine groups is 1. The van der Waals surface area contributed by atoms with Gasteiger partial charge in [0.05, 0.1) is 24.4 Å². The van der Waals surface area contributed by atoms with Gasteiger partial charge in [-0.1, -0.05) is 15.9 Å². The molecule has 1 heterocycles. The number of nitrogens with zero attached hydrogens (tertiary/aromatic N) is 2. The van der Waals surface area contributed by atoms with Gasteiger partial charge in [-0.25, -0.2) is 19.2 Å². The molecule has 10 heteroatoms. The van der Waals surface area contributed by atoms with Crippen molar-refractivity contribution < 1.29 is 23.5 Å². The molecule has 27 heavy (non-hydrogen) atoms. The SMILES string of the molecule is Cn1c(Nc2ccc(Br)cc2F)nc2c(F)cc(C(=O)NOCCO)cc21. The number of hydrogen-bond donors (Lipinski definition) is 3. The third-order valence-electron chi connectivity index (χ3n) is 3.74. The Morgan fingerprint density at radius 3 is 2.78 bits per heavy atom. The van der Waals surface area contributed by atoms with Gasteiger partial charge in [0.2, 0.25) is 5.95 Å². The second-order valence-electron chi connectivity index (χ2n) is 5.57. The molecule has 0 fully saturated rings. The Bertz CT molecular complexity index is 1010. The molecule has 1 amide bonds. The van der Waals surface area contributed by atoms with Gasteiger partial charge in [-0.2, -0.15) is 0 Å². The minimum absolute atomic E-state index is 0.0160. The molecule has 3 N–H and O–H groups in total. The van der Waals surface area contributed by atoms with Crippen molar-refractivity contribution in [1.29, 1.82) is 0 Å². The van der Waals surface area contributed by atoms with Crippen molar-refractivity contribution in [1.82, 2.24) is 15.0 Å². The van der Waals surface area contributed by atoms with E-state index < -0.39 is 17.5 Å². The minimum atomic E-state index is -0.709. The average molecular weight is 441 g/mol. The number of halogens is 3. The molecule has 0 aliphatic rings. The summed E-state index contributed by atoms with van der Waals surface area (Å²) in [6.45, 7) is -0.355. The van der Waals surface area contributed by atoms with Crippen LogP contribution in [0.5, 0.6) is 0 Å². The molecule has 0 bridgehead atoms. The number of carbonyl (C=O) groups is 1. The van der Waals surface area contributed by atoms with E-state index in [-0.39, 0.29) is 35.9 Å². The Hall–Kier alpha value is -2.56. The van der Waals surface area contributed by atoms with Crippen molar-refractivity contribution in [3.63, 3.8) is 0 Å². The van der Waals surface area contributed by atoms with Gasteiger partial charge in [0.1, 0.15) is 11.3 Å². The molecular weight excluding hydrogens is 426 g/mol. The van der Waals surface area contributed by atoms with Gasteiger partial charge in [-0.05, 0) is 30.3 Å². The second kappa shape index (κ2) is 7.99. The summed E-state index contributed by atoms with van der Waals surface area (Å²) in [6, 6.07) is 6.93. The van der Waals surface area contributed by atoms with Crippen molar-refractivity contribution >= 4 is 44.5 Å². The maximum Gasteiger partial charge on any atom is 0.275 e. The van der Waals surface area contributed by atoms with Crippen LogP contribution in [-0.2, 0) is 11.9 Å². The lowest BCUT2D eigenvalue weighted by Crippen LogP contribution is -2.25.